The molecule has 6 heteroatoms. The molecule has 40 heavy (non-hydrogen) atoms. The number of carbonyl (C=O) groups is 2. The van der Waals surface area contributed by atoms with Gasteiger partial charge in [-0.1, -0.05) is 62.2 Å². The van der Waals surface area contributed by atoms with Gasteiger partial charge in [-0.15, -0.1) is 0 Å². The highest BCUT2D eigenvalue weighted by atomic mass is 16.5. The number of para-hydroxylation sites is 3. The van der Waals surface area contributed by atoms with Crippen LogP contribution in [0.25, 0.3) is 0 Å². The number of unbranched alkanes of at least 4 members (excludes halogenated alkanes) is 2. The molecule has 1 heterocycles. The van der Waals surface area contributed by atoms with E-state index in [4.69, 9.17) is 9.47 Å². The fourth-order valence-corrected chi connectivity index (χ4v) is 5.94. The summed E-state index contributed by atoms with van der Waals surface area (Å²) in [5, 5.41) is 3.62. The van der Waals surface area contributed by atoms with Crippen LogP contribution >= 0.6 is 0 Å². The van der Waals surface area contributed by atoms with E-state index in [1.165, 1.54) is 0 Å². The van der Waals surface area contributed by atoms with Crippen LogP contribution in [0.4, 0.5) is 11.4 Å². The highest BCUT2D eigenvalue weighted by Gasteiger charge is 2.41. The van der Waals surface area contributed by atoms with Gasteiger partial charge in [0.05, 0.1) is 31.1 Å². The molecule has 5 rings (SSSR count). The molecule has 0 unspecified atom stereocenters. The van der Waals surface area contributed by atoms with Crippen LogP contribution in [0.5, 0.6) is 11.5 Å². The van der Waals surface area contributed by atoms with Gasteiger partial charge in [-0.3, -0.25) is 14.5 Å². The molecule has 0 radical (unpaired) electrons. The van der Waals surface area contributed by atoms with Crippen LogP contribution in [0.1, 0.15) is 75.5 Å². The summed E-state index contributed by atoms with van der Waals surface area (Å²) in [5.74, 6) is 1.59. The van der Waals surface area contributed by atoms with Gasteiger partial charge in [0.15, 0.2) is 5.78 Å². The molecule has 0 aromatic heterocycles. The molecular weight excluding hydrogens is 500 g/mol. The first-order valence-corrected chi connectivity index (χ1v) is 14.4. The van der Waals surface area contributed by atoms with Crippen molar-refractivity contribution in [2.45, 2.75) is 64.3 Å². The number of hydrogen-bond donors (Lipinski definition) is 1. The van der Waals surface area contributed by atoms with Crippen LogP contribution < -0.4 is 19.7 Å². The molecule has 1 aliphatic heterocycles. The average Bonchev–Trinajstić information content (AvgIpc) is 3.12. The van der Waals surface area contributed by atoms with E-state index >= 15 is 0 Å². The van der Waals surface area contributed by atoms with Gasteiger partial charge in [0.2, 0.25) is 5.91 Å². The van der Waals surface area contributed by atoms with E-state index in [1.54, 1.807) is 7.11 Å². The molecule has 1 aliphatic carbocycles. The molecule has 208 valence electrons. The second-order valence-electron chi connectivity index (χ2n) is 10.4. The highest BCUT2D eigenvalue weighted by molar-refractivity contribution is 6.06. The zero-order valence-corrected chi connectivity index (χ0v) is 23.6. The second kappa shape index (κ2) is 12.4. The van der Waals surface area contributed by atoms with Crippen molar-refractivity contribution in [2.24, 2.45) is 0 Å². The van der Waals surface area contributed by atoms with E-state index < -0.39 is 6.04 Å². The molecule has 0 bridgehead atoms. The smallest absolute Gasteiger partial charge is 0.227 e. The minimum absolute atomic E-state index is 0.0221. The van der Waals surface area contributed by atoms with Crippen molar-refractivity contribution in [1.82, 2.24) is 0 Å². The van der Waals surface area contributed by atoms with Gasteiger partial charge in [0.1, 0.15) is 11.5 Å². The third-order valence-electron chi connectivity index (χ3n) is 7.84. The van der Waals surface area contributed by atoms with Crippen molar-refractivity contribution in [3.63, 3.8) is 0 Å². The van der Waals surface area contributed by atoms with E-state index in [2.05, 4.69) is 18.3 Å². The number of rotatable bonds is 9. The number of amides is 1. The van der Waals surface area contributed by atoms with Crippen molar-refractivity contribution < 1.29 is 19.1 Å². The number of anilines is 2. The number of Topliss-reactive ketones (excluding diaryl/α,β-unsaturated/α-hetero) is 1. The summed E-state index contributed by atoms with van der Waals surface area (Å²) in [7, 11) is 1.63. The lowest BCUT2D eigenvalue weighted by Crippen LogP contribution is -2.38. The number of allylic oxidation sites excluding steroid dienone is 1. The van der Waals surface area contributed by atoms with Crippen molar-refractivity contribution in [2.75, 3.05) is 23.9 Å². The zero-order chi connectivity index (χ0) is 28.1. The van der Waals surface area contributed by atoms with Crippen LogP contribution in [-0.4, -0.2) is 25.4 Å². The summed E-state index contributed by atoms with van der Waals surface area (Å²) in [5.41, 5.74) is 5.08. The van der Waals surface area contributed by atoms with Crippen molar-refractivity contribution in [3.05, 3.63) is 95.2 Å². The third-order valence-corrected chi connectivity index (χ3v) is 7.84. The summed E-state index contributed by atoms with van der Waals surface area (Å²) < 4.78 is 11.4. The predicted octanol–water partition coefficient (Wildman–Crippen LogP) is 7.57. The number of ketones is 1. The number of benzene rings is 3. The maximum Gasteiger partial charge on any atom is 0.227 e. The fourth-order valence-electron chi connectivity index (χ4n) is 5.94. The van der Waals surface area contributed by atoms with Gasteiger partial charge in [0.25, 0.3) is 0 Å². The average molecular weight is 539 g/mol. The minimum atomic E-state index is -0.540. The maximum atomic E-state index is 14.2. The SMILES string of the molecule is CCCCCC(=O)N1c2ccccc2NC2=C(C(=O)C[C@H](c3ccccc3OCC)C2)[C@@H]1c1ccc(OC)cc1. The molecule has 0 saturated carbocycles. The Balaban J connectivity index is 1.65. The lowest BCUT2D eigenvalue weighted by Gasteiger charge is -2.35. The normalized spacial score (nSPS) is 18.4. The summed E-state index contributed by atoms with van der Waals surface area (Å²) in [6, 6.07) is 23.1. The highest BCUT2D eigenvalue weighted by Crippen LogP contribution is 2.48. The second-order valence-corrected chi connectivity index (χ2v) is 10.4. The first kappa shape index (κ1) is 27.5. The first-order chi connectivity index (χ1) is 19.5. The monoisotopic (exact) mass is 538 g/mol. The molecule has 2 aliphatic rings. The quantitative estimate of drug-likeness (QED) is 0.285. The molecule has 3 aromatic rings. The van der Waals surface area contributed by atoms with Crippen LogP contribution in [0.3, 0.4) is 0 Å². The number of nitrogens with zero attached hydrogens (tertiary/aromatic N) is 1. The van der Waals surface area contributed by atoms with Crippen molar-refractivity contribution >= 4 is 23.1 Å². The Labute approximate surface area is 237 Å². The van der Waals surface area contributed by atoms with Gasteiger partial charge in [0, 0.05) is 30.0 Å². The van der Waals surface area contributed by atoms with E-state index in [0.717, 1.165) is 59.0 Å². The zero-order valence-electron chi connectivity index (χ0n) is 23.6. The summed E-state index contributed by atoms with van der Waals surface area (Å²) in [6.07, 6.45) is 4.25. The molecule has 0 spiro atoms. The molecule has 1 N–H and O–H groups in total. The molecule has 1 amide bonds. The Hall–Kier alpha value is -4.06. The van der Waals surface area contributed by atoms with Gasteiger partial charge >= 0.3 is 0 Å². The summed E-state index contributed by atoms with van der Waals surface area (Å²) in [4.78, 5) is 30.1. The van der Waals surface area contributed by atoms with E-state index in [0.29, 0.717) is 31.4 Å². The molecular formula is C34H38N2O4. The summed E-state index contributed by atoms with van der Waals surface area (Å²) >= 11 is 0. The van der Waals surface area contributed by atoms with Crippen LogP contribution in [0, 0.1) is 0 Å². The third kappa shape index (κ3) is 5.48. The molecule has 2 atom stereocenters. The van der Waals surface area contributed by atoms with Gasteiger partial charge in [-0.05, 0) is 61.2 Å². The van der Waals surface area contributed by atoms with Gasteiger partial charge in [-0.25, -0.2) is 0 Å². The van der Waals surface area contributed by atoms with E-state index in [-0.39, 0.29) is 17.6 Å². The molecule has 0 fully saturated rings. The predicted molar refractivity (Wildman–Crippen MR) is 159 cm³/mol. The molecule has 3 aromatic carbocycles. The largest absolute Gasteiger partial charge is 0.497 e. The number of methoxy groups -OCH3 is 1. The molecule has 0 saturated heterocycles. The Bertz CT molecular complexity index is 1400. The standard InChI is InChI=1S/C34H38N2O4/c1-4-6-7-16-32(38)36-29-14-10-9-13-27(29)35-28-21-24(26-12-8-11-15-31(26)40-5-2)22-30(37)33(28)34(36)23-17-19-25(39-3)20-18-23/h8-15,17-20,24,34-35H,4-7,16,21-22H2,1-3H3/t24-,34+/m1/s1. The number of carbonyl (C=O) groups excluding carboxylic acids is 2. The van der Waals surface area contributed by atoms with Crippen LogP contribution in [-0.2, 0) is 9.59 Å². The maximum absolute atomic E-state index is 14.2. The van der Waals surface area contributed by atoms with Crippen molar-refractivity contribution in [1.29, 1.82) is 0 Å². The number of nitrogens with one attached hydrogen (secondary N) is 1. The van der Waals surface area contributed by atoms with E-state index in [9.17, 15) is 9.59 Å². The lowest BCUT2D eigenvalue weighted by atomic mass is 9.78. The number of ether oxygens (including phenoxy) is 2. The topological polar surface area (TPSA) is 67.9 Å². The Morgan fingerprint density at radius 2 is 1.70 bits per heavy atom. The van der Waals surface area contributed by atoms with Crippen LogP contribution in [0.2, 0.25) is 0 Å². The minimum Gasteiger partial charge on any atom is -0.497 e. The number of hydrogen-bond acceptors (Lipinski definition) is 5. The van der Waals surface area contributed by atoms with Gasteiger partial charge < -0.3 is 14.8 Å². The van der Waals surface area contributed by atoms with Crippen LogP contribution in [0.15, 0.2) is 84.1 Å². The molecule has 6 nitrogen and oxygen atoms in total. The fraction of sp³-hybridized carbons (Fsp3) is 0.353. The van der Waals surface area contributed by atoms with Crippen molar-refractivity contribution in [3.8, 4) is 11.5 Å². The Morgan fingerprint density at radius 3 is 2.45 bits per heavy atom. The lowest BCUT2D eigenvalue weighted by molar-refractivity contribution is -0.119. The van der Waals surface area contributed by atoms with Gasteiger partial charge in [-0.2, -0.15) is 0 Å². The first-order valence-electron chi connectivity index (χ1n) is 14.4. The van der Waals surface area contributed by atoms with E-state index in [1.807, 2.05) is 78.6 Å². The Morgan fingerprint density at radius 1 is 0.950 bits per heavy atom. The Kier molecular flexibility index (Phi) is 8.54. The number of fused-ring (bicyclic) bond motifs is 1. The summed E-state index contributed by atoms with van der Waals surface area (Å²) in [6.45, 7) is 4.67.